The molecule has 2 heterocycles. The number of aromatic nitrogens is 1. The van der Waals surface area contributed by atoms with E-state index >= 15 is 0 Å². The van der Waals surface area contributed by atoms with Crippen molar-refractivity contribution in [2.75, 3.05) is 5.75 Å². The third kappa shape index (κ3) is 5.69. The molecule has 1 aromatic rings. The maximum Gasteiger partial charge on any atom is 0.303 e. The minimum atomic E-state index is -1.07. The monoisotopic (exact) mass is 411 g/mol. The van der Waals surface area contributed by atoms with Gasteiger partial charge in [0.2, 0.25) is 0 Å². The van der Waals surface area contributed by atoms with Gasteiger partial charge in [0.25, 0.3) is 0 Å². The predicted molar refractivity (Wildman–Crippen MR) is 97.8 cm³/mol. The molecule has 4 atom stereocenters. The second kappa shape index (κ2) is 9.54. The van der Waals surface area contributed by atoms with E-state index in [1.807, 2.05) is 0 Å². The molecule has 1 aliphatic heterocycles. The number of hydrogen-bond acceptors (Lipinski definition) is 10. The first kappa shape index (κ1) is 21.7. The molecule has 0 saturated carbocycles. The van der Waals surface area contributed by atoms with Crippen molar-refractivity contribution in [1.29, 1.82) is 0 Å². The van der Waals surface area contributed by atoms with Gasteiger partial charge in [0, 0.05) is 32.7 Å². The Morgan fingerprint density at radius 1 is 0.964 bits per heavy atom. The van der Waals surface area contributed by atoms with Gasteiger partial charge in [0.15, 0.2) is 29.5 Å². The van der Waals surface area contributed by atoms with Gasteiger partial charge in [-0.25, -0.2) is 0 Å². The van der Waals surface area contributed by atoms with E-state index in [4.69, 9.17) is 18.9 Å². The van der Waals surface area contributed by atoms with E-state index in [1.165, 1.54) is 57.9 Å². The maximum absolute atomic E-state index is 11.8. The second-order valence-electron chi connectivity index (χ2n) is 6.04. The molecule has 0 aromatic carbocycles. The van der Waals surface area contributed by atoms with Gasteiger partial charge in [-0.2, -0.15) is 0 Å². The highest BCUT2D eigenvalue weighted by atomic mass is 32.2. The lowest BCUT2D eigenvalue weighted by molar-refractivity contribution is -0.186. The Hall–Kier alpha value is -2.62. The fourth-order valence-corrected chi connectivity index (χ4v) is 3.91. The van der Waals surface area contributed by atoms with Crippen LogP contribution >= 0.6 is 11.8 Å². The van der Waals surface area contributed by atoms with E-state index in [2.05, 4.69) is 4.98 Å². The van der Waals surface area contributed by atoms with Crippen LogP contribution in [0.15, 0.2) is 18.5 Å². The van der Waals surface area contributed by atoms with Gasteiger partial charge in [0.1, 0.15) is 5.75 Å². The number of pyridine rings is 1. The van der Waals surface area contributed by atoms with E-state index in [0.29, 0.717) is 5.56 Å². The second-order valence-corrected chi connectivity index (χ2v) is 7.17. The highest BCUT2D eigenvalue weighted by molar-refractivity contribution is 7.99. The predicted octanol–water partition coefficient (Wildman–Crippen LogP) is 1.53. The van der Waals surface area contributed by atoms with Crippen molar-refractivity contribution in [1.82, 2.24) is 4.98 Å². The van der Waals surface area contributed by atoms with Crippen LogP contribution in [0.25, 0.3) is 0 Å². The Labute approximate surface area is 166 Å². The molecule has 1 fully saturated rings. The van der Waals surface area contributed by atoms with Gasteiger partial charge < -0.3 is 18.9 Å². The van der Waals surface area contributed by atoms with Crippen LogP contribution < -0.4 is 4.74 Å². The highest BCUT2D eigenvalue weighted by Gasteiger charge is 2.47. The molecule has 0 unspecified atom stereocenters. The first-order chi connectivity index (χ1) is 13.2. The first-order valence-corrected chi connectivity index (χ1v) is 9.48. The van der Waals surface area contributed by atoms with Gasteiger partial charge in [0.05, 0.1) is 11.8 Å². The Morgan fingerprint density at radius 3 is 2.14 bits per heavy atom. The summed E-state index contributed by atoms with van der Waals surface area (Å²) >= 11 is 1.20. The molecule has 0 N–H and O–H groups in total. The Bertz CT molecular complexity index is 768. The van der Waals surface area contributed by atoms with E-state index in [-0.39, 0.29) is 17.3 Å². The number of Topliss-reactive ketones (excluding diaryl/α,β-unsaturated/α-hetero) is 1. The van der Waals surface area contributed by atoms with E-state index < -0.39 is 41.7 Å². The van der Waals surface area contributed by atoms with Crippen LogP contribution in [0.4, 0.5) is 0 Å². The fraction of sp³-hybridized carbons (Fsp3) is 0.500. The maximum atomic E-state index is 11.8. The molecule has 0 bridgehead atoms. The number of ether oxygens (including phenoxy) is 4. The molecule has 152 valence electrons. The third-order valence-corrected chi connectivity index (χ3v) is 4.93. The minimum Gasteiger partial charge on any atom is -0.473 e. The standard InChI is InChI=1S/C18H21NO8S/c1-9(20)13-5-6-19-7-14(13)27-18-17(26-12(4)23)16(25-11(3)22)15(8-28-18)24-10(2)21/h5-7,15-18H,8H2,1-4H3/t15-,16+,17-,18-/m1/s1. The van der Waals surface area contributed by atoms with Crippen LogP contribution in [0, 0.1) is 0 Å². The molecule has 1 aromatic heterocycles. The average molecular weight is 411 g/mol. The van der Waals surface area contributed by atoms with Crippen LogP contribution in [0.1, 0.15) is 38.1 Å². The van der Waals surface area contributed by atoms with Crippen molar-refractivity contribution in [2.45, 2.75) is 51.4 Å². The zero-order valence-corrected chi connectivity index (χ0v) is 16.7. The quantitative estimate of drug-likeness (QED) is 0.387. The number of carbonyl (C=O) groups is 4. The number of ketones is 1. The average Bonchev–Trinajstić information content (AvgIpc) is 2.59. The van der Waals surface area contributed by atoms with Gasteiger partial charge in [-0.3, -0.25) is 24.2 Å². The lowest BCUT2D eigenvalue weighted by atomic mass is 10.1. The summed E-state index contributed by atoms with van der Waals surface area (Å²) in [4.78, 5) is 50.4. The van der Waals surface area contributed by atoms with Crippen molar-refractivity contribution in [3.05, 3.63) is 24.0 Å². The number of rotatable bonds is 6. The lowest BCUT2D eigenvalue weighted by Crippen LogP contribution is -2.55. The molecule has 1 aliphatic rings. The van der Waals surface area contributed by atoms with Crippen LogP contribution in [0.2, 0.25) is 0 Å². The van der Waals surface area contributed by atoms with Crippen molar-refractivity contribution < 1.29 is 38.1 Å². The molecule has 28 heavy (non-hydrogen) atoms. The zero-order valence-electron chi connectivity index (χ0n) is 15.9. The number of nitrogens with zero attached hydrogens (tertiary/aromatic N) is 1. The van der Waals surface area contributed by atoms with Gasteiger partial charge in [-0.05, 0) is 13.0 Å². The third-order valence-electron chi connectivity index (χ3n) is 3.71. The number of carbonyl (C=O) groups excluding carboxylic acids is 4. The topological polar surface area (TPSA) is 118 Å². The largest absolute Gasteiger partial charge is 0.473 e. The number of hydrogen-bond donors (Lipinski definition) is 0. The minimum absolute atomic E-state index is 0.206. The molecule has 9 nitrogen and oxygen atoms in total. The zero-order chi connectivity index (χ0) is 20.8. The van der Waals surface area contributed by atoms with Crippen molar-refractivity contribution in [2.24, 2.45) is 0 Å². The molecule has 0 spiro atoms. The summed E-state index contributed by atoms with van der Waals surface area (Å²) < 4.78 is 21.8. The summed E-state index contributed by atoms with van der Waals surface area (Å²) in [7, 11) is 0. The van der Waals surface area contributed by atoms with Crippen molar-refractivity contribution in [3.8, 4) is 5.75 Å². The molecule has 10 heteroatoms. The summed E-state index contributed by atoms with van der Waals surface area (Å²) in [5.41, 5.74) is -0.509. The smallest absolute Gasteiger partial charge is 0.303 e. The SMILES string of the molecule is CC(=O)O[C@@H]1[C@@H](OC(C)=O)[C@H](OC(C)=O)CS[C@H]1Oc1cnccc1C(C)=O. The van der Waals surface area contributed by atoms with Crippen LogP contribution in [-0.2, 0) is 28.6 Å². The summed E-state index contributed by atoms with van der Waals surface area (Å²) in [6.07, 6.45) is -0.115. The Morgan fingerprint density at radius 2 is 1.57 bits per heavy atom. The van der Waals surface area contributed by atoms with Crippen molar-refractivity contribution >= 4 is 35.5 Å². The summed E-state index contributed by atoms with van der Waals surface area (Å²) in [6, 6.07) is 1.51. The molecule has 1 saturated heterocycles. The van der Waals surface area contributed by atoms with Crippen LogP contribution in [-0.4, -0.2) is 58.2 Å². The van der Waals surface area contributed by atoms with Gasteiger partial charge in [-0.15, -0.1) is 11.8 Å². The van der Waals surface area contributed by atoms with Gasteiger partial charge >= 0.3 is 17.9 Å². The van der Waals surface area contributed by atoms with E-state index in [0.717, 1.165) is 0 Å². The summed E-state index contributed by atoms with van der Waals surface area (Å²) in [5.74, 6) is -1.60. The Kier molecular flexibility index (Phi) is 7.38. The number of esters is 3. The lowest BCUT2D eigenvalue weighted by Gasteiger charge is -2.40. The fourth-order valence-electron chi connectivity index (χ4n) is 2.70. The molecule has 0 aliphatic carbocycles. The van der Waals surface area contributed by atoms with Crippen LogP contribution in [0.3, 0.4) is 0 Å². The normalized spacial score (nSPS) is 24.0. The van der Waals surface area contributed by atoms with E-state index in [9.17, 15) is 19.2 Å². The molecule has 0 radical (unpaired) electrons. The molecule has 2 rings (SSSR count). The molecule has 0 amide bonds. The highest BCUT2D eigenvalue weighted by Crippen LogP contribution is 2.35. The summed E-state index contributed by atoms with van der Waals surface area (Å²) in [5, 5.41) is 0. The molecular formula is C18H21NO8S. The Balaban J connectivity index is 2.34. The summed E-state index contributed by atoms with van der Waals surface area (Å²) in [6.45, 7) is 5.02. The first-order valence-electron chi connectivity index (χ1n) is 8.44. The van der Waals surface area contributed by atoms with E-state index in [1.54, 1.807) is 0 Å². The van der Waals surface area contributed by atoms with Crippen LogP contribution in [0.5, 0.6) is 5.75 Å². The molecular weight excluding hydrogens is 390 g/mol. The number of thioether (sulfide) groups is 1. The van der Waals surface area contributed by atoms with Crippen molar-refractivity contribution in [3.63, 3.8) is 0 Å². The van der Waals surface area contributed by atoms with Gasteiger partial charge in [-0.1, -0.05) is 0 Å².